The van der Waals surface area contributed by atoms with E-state index in [0.717, 1.165) is 5.56 Å². The Hall–Kier alpha value is -3.27. The van der Waals surface area contributed by atoms with Gasteiger partial charge in [0.05, 0.1) is 12.4 Å². The Kier molecular flexibility index (Phi) is 7.68. The van der Waals surface area contributed by atoms with Gasteiger partial charge >= 0.3 is 13.6 Å². The maximum Gasteiger partial charge on any atom is 0.335 e. The number of phenols is 1. The van der Waals surface area contributed by atoms with E-state index in [2.05, 4.69) is 20.3 Å². The molecule has 4 rings (SSSR count). The number of imidazole rings is 1. The number of fused-ring (bicyclic) bond motifs is 1. The SMILES string of the molecule is CC(C)Oc1nc(Nc2ccc(P(=O)(O)CP(=O)(O)O)cc2)c2ncn(CCc3cccc(O)c3)c2n1. The largest absolute Gasteiger partial charge is 0.508 e. The highest BCUT2D eigenvalue weighted by atomic mass is 31.2. The molecule has 196 valence electrons. The lowest BCUT2D eigenvalue weighted by atomic mass is 10.1. The molecule has 0 bridgehead atoms. The Labute approximate surface area is 212 Å². The highest BCUT2D eigenvalue weighted by molar-refractivity contribution is 7.77. The summed E-state index contributed by atoms with van der Waals surface area (Å²) in [6.45, 7) is 4.24. The fourth-order valence-corrected chi connectivity index (χ4v) is 6.91. The molecule has 0 aliphatic rings. The minimum Gasteiger partial charge on any atom is -0.508 e. The van der Waals surface area contributed by atoms with Crippen LogP contribution in [0.5, 0.6) is 11.8 Å². The van der Waals surface area contributed by atoms with Crippen molar-refractivity contribution in [1.82, 2.24) is 19.5 Å². The third-order valence-corrected chi connectivity index (χ3v) is 9.36. The normalized spacial score (nSPS) is 13.6. The van der Waals surface area contributed by atoms with Gasteiger partial charge in [0.15, 0.2) is 17.0 Å². The minimum atomic E-state index is -4.67. The van der Waals surface area contributed by atoms with Crippen molar-refractivity contribution in [2.75, 3.05) is 11.2 Å². The summed E-state index contributed by atoms with van der Waals surface area (Å²) in [6.07, 6.45) is 2.09. The molecule has 4 aromatic rings. The molecule has 0 aliphatic carbocycles. The molecule has 1 unspecified atom stereocenters. The van der Waals surface area contributed by atoms with Crippen molar-refractivity contribution in [2.24, 2.45) is 0 Å². The monoisotopic (exact) mass is 547 g/mol. The van der Waals surface area contributed by atoms with Crippen molar-refractivity contribution < 1.29 is 33.7 Å². The van der Waals surface area contributed by atoms with Crippen molar-refractivity contribution in [2.45, 2.75) is 32.9 Å². The Morgan fingerprint density at radius 1 is 1.05 bits per heavy atom. The number of hydrogen-bond acceptors (Lipinski definition) is 8. The van der Waals surface area contributed by atoms with E-state index < -0.39 is 20.9 Å². The van der Waals surface area contributed by atoms with Crippen LogP contribution in [0, 0.1) is 0 Å². The zero-order valence-corrected chi connectivity index (χ0v) is 21.9. The smallest absolute Gasteiger partial charge is 0.335 e. The zero-order chi connectivity index (χ0) is 26.8. The van der Waals surface area contributed by atoms with Crippen LogP contribution in [0.15, 0.2) is 54.9 Å². The van der Waals surface area contributed by atoms with E-state index in [4.69, 9.17) is 14.5 Å². The van der Waals surface area contributed by atoms with Crippen LogP contribution in [0.4, 0.5) is 11.5 Å². The van der Waals surface area contributed by atoms with E-state index in [0.29, 0.717) is 35.6 Å². The van der Waals surface area contributed by atoms with Gasteiger partial charge in [-0.3, -0.25) is 9.13 Å². The standard InChI is InChI=1S/C23H27N5O7P2/c1-15(2)35-23-26-21(25-17-6-8-19(9-7-17)36(30,31)14-37(32,33)34)20-22(27-23)28(13-24-20)11-10-16-4-3-5-18(29)12-16/h3-9,12-13,15,29H,10-11,14H2,1-2H3,(H,30,31)(H,25,26,27)(H2,32,33,34). The number of aromatic nitrogens is 4. The van der Waals surface area contributed by atoms with E-state index in [-0.39, 0.29) is 23.2 Å². The van der Waals surface area contributed by atoms with Crippen LogP contribution in [-0.4, -0.2) is 51.3 Å². The first-order chi connectivity index (χ1) is 17.4. The number of hydrogen-bond donors (Lipinski definition) is 5. The lowest BCUT2D eigenvalue weighted by Gasteiger charge is -2.14. The fourth-order valence-electron chi connectivity index (χ4n) is 3.65. The average molecular weight is 547 g/mol. The molecule has 0 radical (unpaired) electrons. The van der Waals surface area contributed by atoms with Gasteiger partial charge in [-0.05, 0) is 62.2 Å². The van der Waals surface area contributed by atoms with Crippen LogP contribution in [0.2, 0.25) is 0 Å². The van der Waals surface area contributed by atoms with Crippen molar-refractivity contribution in [3.63, 3.8) is 0 Å². The first-order valence-corrected chi connectivity index (χ1v) is 15.0. The molecule has 14 heteroatoms. The third-order valence-electron chi connectivity index (χ3n) is 5.25. The molecule has 0 saturated heterocycles. The van der Waals surface area contributed by atoms with Gasteiger partial charge in [-0.15, -0.1) is 0 Å². The summed E-state index contributed by atoms with van der Waals surface area (Å²) >= 11 is 0. The predicted octanol–water partition coefficient (Wildman–Crippen LogP) is 3.34. The summed E-state index contributed by atoms with van der Waals surface area (Å²) in [5, 5.41) is 12.8. The van der Waals surface area contributed by atoms with Gasteiger partial charge in [0.1, 0.15) is 11.7 Å². The molecule has 0 aliphatic heterocycles. The molecule has 12 nitrogen and oxygen atoms in total. The lowest BCUT2D eigenvalue weighted by Crippen LogP contribution is -2.11. The van der Waals surface area contributed by atoms with E-state index in [1.54, 1.807) is 24.5 Å². The number of aryl methyl sites for hydroxylation is 2. The van der Waals surface area contributed by atoms with Gasteiger partial charge in [-0.1, -0.05) is 12.1 Å². The molecule has 5 N–H and O–H groups in total. The number of anilines is 2. The summed E-state index contributed by atoms with van der Waals surface area (Å²) in [6, 6.07) is 12.8. The molecular formula is C23H27N5O7P2. The highest BCUT2D eigenvalue weighted by Crippen LogP contribution is 2.53. The molecular weight excluding hydrogens is 520 g/mol. The number of nitrogens with zero attached hydrogens (tertiary/aromatic N) is 4. The second-order valence-electron chi connectivity index (χ2n) is 8.73. The maximum atomic E-state index is 12.4. The maximum absolute atomic E-state index is 12.4. The summed E-state index contributed by atoms with van der Waals surface area (Å²) in [7, 11) is -8.91. The van der Waals surface area contributed by atoms with Crippen LogP contribution in [0.1, 0.15) is 19.4 Å². The zero-order valence-electron chi connectivity index (χ0n) is 20.1. The first kappa shape index (κ1) is 26.8. The fraction of sp³-hybridized carbons (Fsp3) is 0.261. The Balaban J connectivity index is 1.62. The molecule has 0 amide bonds. The molecule has 2 aromatic carbocycles. The number of benzene rings is 2. The Morgan fingerprint density at radius 2 is 1.78 bits per heavy atom. The first-order valence-electron chi connectivity index (χ1n) is 11.3. The van der Waals surface area contributed by atoms with Crippen molar-refractivity contribution in [3.8, 4) is 11.8 Å². The van der Waals surface area contributed by atoms with Gasteiger partial charge in [-0.2, -0.15) is 9.97 Å². The molecule has 0 fully saturated rings. The average Bonchev–Trinajstić information content (AvgIpc) is 3.19. The number of rotatable bonds is 10. The minimum absolute atomic E-state index is 0.0748. The van der Waals surface area contributed by atoms with Gasteiger partial charge in [0, 0.05) is 17.5 Å². The van der Waals surface area contributed by atoms with Crippen molar-refractivity contribution in [3.05, 3.63) is 60.4 Å². The topological polar surface area (TPSA) is 180 Å². The predicted molar refractivity (Wildman–Crippen MR) is 139 cm³/mol. The van der Waals surface area contributed by atoms with Gasteiger partial charge < -0.3 is 34.4 Å². The van der Waals surface area contributed by atoms with Crippen molar-refractivity contribution in [1.29, 1.82) is 0 Å². The van der Waals surface area contributed by atoms with E-state index >= 15 is 0 Å². The quantitative estimate of drug-likeness (QED) is 0.184. The molecule has 1 atom stereocenters. The van der Waals surface area contributed by atoms with E-state index in [9.17, 15) is 19.1 Å². The lowest BCUT2D eigenvalue weighted by molar-refractivity contribution is 0.223. The van der Waals surface area contributed by atoms with Crippen LogP contribution in [-0.2, 0) is 22.1 Å². The number of phenolic OH excluding ortho intramolecular Hbond substituents is 1. The highest BCUT2D eigenvalue weighted by Gasteiger charge is 2.31. The third kappa shape index (κ3) is 6.94. The molecule has 0 saturated carbocycles. The molecule has 2 aromatic heterocycles. The molecule has 2 heterocycles. The molecule has 0 spiro atoms. The van der Waals surface area contributed by atoms with Gasteiger partial charge in [-0.25, -0.2) is 4.98 Å². The Bertz CT molecular complexity index is 1500. The van der Waals surface area contributed by atoms with Crippen LogP contribution >= 0.6 is 15.0 Å². The van der Waals surface area contributed by atoms with Crippen LogP contribution in [0.3, 0.4) is 0 Å². The van der Waals surface area contributed by atoms with Crippen LogP contribution < -0.4 is 15.4 Å². The number of aromatic hydroxyl groups is 1. The van der Waals surface area contributed by atoms with Crippen LogP contribution in [0.25, 0.3) is 11.2 Å². The summed E-state index contributed by atoms with van der Waals surface area (Å²) in [4.78, 5) is 41.7. The second-order valence-corrected chi connectivity index (χ2v) is 13.1. The molecule has 37 heavy (non-hydrogen) atoms. The number of nitrogens with one attached hydrogen (secondary N) is 1. The van der Waals surface area contributed by atoms with Crippen molar-refractivity contribution >= 4 is 42.9 Å². The van der Waals surface area contributed by atoms with Gasteiger partial charge in [0.25, 0.3) is 0 Å². The Morgan fingerprint density at radius 3 is 2.43 bits per heavy atom. The number of ether oxygens (including phenoxy) is 1. The summed E-state index contributed by atoms with van der Waals surface area (Å²) in [5.74, 6) is -0.582. The second kappa shape index (κ2) is 10.6. The van der Waals surface area contributed by atoms with E-state index in [1.807, 2.05) is 24.5 Å². The van der Waals surface area contributed by atoms with E-state index in [1.165, 1.54) is 24.3 Å². The summed E-state index contributed by atoms with van der Waals surface area (Å²) < 4.78 is 31.2. The summed E-state index contributed by atoms with van der Waals surface area (Å²) in [5.41, 5.74) is 2.47. The van der Waals surface area contributed by atoms with Gasteiger partial charge in [0.2, 0.25) is 7.37 Å².